The average molecular weight is 426 g/mol. The normalized spacial score (nSPS) is 21.3. The Balaban J connectivity index is 1.60. The summed E-state index contributed by atoms with van der Waals surface area (Å²) in [5, 5.41) is 9.45. The molecule has 0 unspecified atom stereocenters. The zero-order valence-corrected chi connectivity index (χ0v) is 17.7. The molecule has 2 aliphatic heterocycles. The van der Waals surface area contributed by atoms with E-state index < -0.39 is 17.3 Å². The fraction of sp³-hybridized carbons (Fsp3) is 0.417. The van der Waals surface area contributed by atoms with Crippen LogP contribution in [0.15, 0.2) is 35.3 Å². The molecule has 0 spiro atoms. The van der Waals surface area contributed by atoms with E-state index in [9.17, 15) is 23.5 Å². The maximum absolute atomic E-state index is 13.3. The highest BCUT2D eigenvalue weighted by molar-refractivity contribution is 5.98. The molecule has 0 radical (unpaired) electrons. The zero-order chi connectivity index (χ0) is 22.3. The molecule has 1 fully saturated rings. The van der Waals surface area contributed by atoms with E-state index in [1.54, 1.807) is 4.90 Å². The van der Waals surface area contributed by atoms with Crippen LogP contribution in [0.25, 0.3) is 11.1 Å². The highest BCUT2D eigenvalue weighted by Gasteiger charge is 2.44. The van der Waals surface area contributed by atoms with Gasteiger partial charge in [-0.3, -0.25) is 4.79 Å². The number of allylic oxidation sites excluding steroid dienone is 2. The Hall–Kier alpha value is -2.96. The number of anilines is 1. The second-order valence-electron chi connectivity index (χ2n) is 9.92. The van der Waals surface area contributed by atoms with E-state index in [0.29, 0.717) is 6.42 Å². The van der Waals surface area contributed by atoms with Crippen LogP contribution >= 0.6 is 0 Å². The number of carboxylic acid groups (broad SMARTS) is 1. The van der Waals surface area contributed by atoms with E-state index in [2.05, 4.69) is 20.8 Å². The van der Waals surface area contributed by atoms with Gasteiger partial charge in [0.2, 0.25) is 0 Å². The van der Waals surface area contributed by atoms with Crippen molar-refractivity contribution in [1.82, 2.24) is 4.57 Å². The number of carboxylic acids is 1. The molecule has 1 aromatic heterocycles. The van der Waals surface area contributed by atoms with Crippen molar-refractivity contribution in [1.29, 1.82) is 0 Å². The number of hydrogen-bond acceptors (Lipinski definition) is 3. The molecule has 31 heavy (non-hydrogen) atoms. The van der Waals surface area contributed by atoms with E-state index >= 15 is 0 Å². The first kappa shape index (κ1) is 20.0. The van der Waals surface area contributed by atoms with Crippen LogP contribution < -0.4 is 10.3 Å². The zero-order valence-electron chi connectivity index (χ0n) is 17.7. The van der Waals surface area contributed by atoms with E-state index in [-0.39, 0.29) is 30.1 Å². The molecule has 0 amide bonds. The predicted octanol–water partition coefficient (Wildman–Crippen LogP) is 4.46. The summed E-state index contributed by atoms with van der Waals surface area (Å²) in [6, 6.07) is 7.30. The molecule has 0 saturated carbocycles. The van der Waals surface area contributed by atoms with Gasteiger partial charge in [0, 0.05) is 36.1 Å². The van der Waals surface area contributed by atoms with Gasteiger partial charge in [-0.15, -0.1) is 0 Å². The van der Waals surface area contributed by atoms with Crippen LogP contribution in [-0.2, 0) is 6.42 Å². The summed E-state index contributed by atoms with van der Waals surface area (Å²) in [6.45, 7) is 5.79. The van der Waals surface area contributed by atoms with E-state index in [1.165, 1.54) is 12.3 Å². The first-order valence-electron chi connectivity index (χ1n) is 10.4. The summed E-state index contributed by atoms with van der Waals surface area (Å²) >= 11 is 0. The maximum atomic E-state index is 13.3. The number of alkyl halides is 2. The van der Waals surface area contributed by atoms with Crippen molar-refractivity contribution in [2.24, 2.45) is 5.41 Å². The predicted molar refractivity (Wildman–Crippen MR) is 115 cm³/mol. The van der Waals surface area contributed by atoms with Crippen LogP contribution in [0.5, 0.6) is 0 Å². The van der Waals surface area contributed by atoms with Crippen molar-refractivity contribution in [3.63, 3.8) is 0 Å². The number of carbonyl (C=O) groups is 1. The number of rotatable bonds is 2. The maximum Gasteiger partial charge on any atom is 0.341 e. The number of fused-ring (bicyclic) bond motifs is 4. The number of aromatic nitrogens is 1. The lowest BCUT2D eigenvalue weighted by molar-refractivity contribution is -0.0262. The lowest BCUT2D eigenvalue weighted by Crippen LogP contribution is -2.56. The Bertz CT molecular complexity index is 1210. The quantitative estimate of drug-likeness (QED) is 0.770. The first-order valence-corrected chi connectivity index (χ1v) is 10.4. The molecule has 162 valence electrons. The average Bonchev–Trinajstić information content (AvgIpc) is 3.02. The van der Waals surface area contributed by atoms with Crippen molar-refractivity contribution in [3.8, 4) is 0 Å². The summed E-state index contributed by atoms with van der Waals surface area (Å²) in [4.78, 5) is 25.7. The van der Waals surface area contributed by atoms with Gasteiger partial charge in [-0.25, -0.2) is 13.6 Å². The van der Waals surface area contributed by atoms with Gasteiger partial charge in [0.15, 0.2) is 5.43 Å². The van der Waals surface area contributed by atoms with Crippen LogP contribution in [0.2, 0.25) is 0 Å². The van der Waals surface area contributed by atoms with Gasteiger partial charge in [-0.2, -0.15) is 0 Å². The van der Waals surface area contributed by atoms with Crippen molar-refractivity contribution in [2.45, 2.75) is 45.6 Å². The highest BCUT2D eigenvalue weighted by Crippen LogP contribution is 2.51. The second-order valence-corrected chi connectivity index (χ2v) is 9.92. The van der Waals surface area contributed by atoms with E-state index in [0.717, 1.165) is 40.1 Å². The molecule has 1 aromatic carbocycles. The van der Waals surface area contributed by atoms with Crippen LogP contribution in [0.4, 0.5) is 14.5 Å². The Morgan fingerprint density at radius 2 is 1.87 bits per heavy atom. The van der Waals surface area contributed by atoms with Gasteiger partial charge in [-0.1, -0.05) is 26.8 Å². The molecule has 2 aromatic rings. The van der Waals surface area contributed by atoms with Gasteiger partial charge in [0.1, 0.15) is 5.56 Å². The third-order valence-electron chi connectivity index (χ3n) is 6.71. The Morgan fingerprint density at radius 1 is 1.16 bits per heavy atom. The second kappa shape index (κ2) is 6.28. The number of nitrogens with zero attached hydrogens (tertiary/aromatic N) is 2. The lowest BCUT2D eigenvalue weighted by Gasteiger charge is -2.40. The third-order valence-corrected chi connectivity index (χ3v) is 6.71. The SMILES string of the molecule is CC(C)(C)[C@@H]1CC2=C(Cc3cc(N4CC(F)(F)C4)ccc32)c2cc(=O)c(C(=O)O)cn21. The molecule has 7 heteroatoms. The minimum atomic E-state index is -2.63. The van der Waals surface area contributed by atoms with Crippen molar-refractivity contribution in [2.75, 3.05) is 18.0 Å². The minimum Gasteiger partial charge on any atom is -0.477 e. The highest BCUT2D eigenvalue weighted by atomic mass is 19.3. The number of hydrogen-bond donors (Lipinski definition) is 1. The van der Waals surface area contributed by atoms with Gasteiger partial charge in [0.25, 0.3) is 5.92 Å². The van der Waals surface area contributed by atoms with Crippen LogP contribution in [0, 0.1) is 5.41 Å². The standard InChI is InChI=1S/C24H24F2N2O3/c1-23(2,3)21-8-16-15-5-4-14(27-11-24(25,26)12-27)6-13(15)7-17(16)19-9-20(29)18(22(30)31)10-28(19)21/h4-6,9-10,21H,7-8,11-12H2,1-3H3,(H,30,31)/t21-/m0/s1. The number of pyridine rings is 1. The molecule has 3 heterocycles. The van der Waals surface area contributed by atoms with Crippen LogP contribution in [0.3, 0.4) is 0 Å². The molecule has 1 aliphatic carbocycles. The largest absolute Gasteiger partial charge is 0.477 e. The molecule has 3 aliphatic rings. The smallest absolute Gasteiger partial charge is 0.341 e. The van der Waals surface area contributed by atoms with Crippen molar-refractivity contribution < 1.29 is 18.7 Å². The summed E-state index contributed by atoms with van der Waals surface area (Å²) in [5.41, 5.74) is 5.01. The van der Waals surface area contributed by atoms with Gasteiger partial charge in [-0.05, 0) is 46.2 Å². The summed E-state index contributed by atoms with van der Waals surface area (Å²) in [5.74, 6) is -3.85. The molecule has 5 rings (SSSR count). The van der Waals surface area contributed by atoms with Crippen LogP contribution in [-0.4, -0.2) is 34.7 Å². The van der Waals surface area contributed by atoms with E-state index in [1.807, 2.05) is 22.8 Å². The van der Waals surface area contributed by atoms with Gasteiger partial charge < -0.3 is 14.6 Å². The minimum absolute atomic E-state index is 0.0142. The fourth-order valence-corrected chi connectivity index (χ4v) is 5.08. The Morgan fingerprint density at radius 3 is 2.48 bits per heavy atom. The van der Waals surface area contributed by atoms with Gasteiger partial charge in [0.05, 0.1) is 13.1 Å². The van der Waals surface area contributed by atoms with Crippen molar-refractivity contribution in [3.05, 3.63) is 63.1 Å². The number of benzene rings is 1. The molecule has 1 saturated heterocycles. The summed E-state index contributed by atoms with van der Waals surface area (Å²) in [7, 11) is 0. The van der Waals surface area contributed by atoms with E-state index in [4.69, 9.17) is 0 Å². The first-order chi connectivity index (χ1) is 14.4. The monoisotopic (exact) mass is 426 g/mol. The number of halogens is 2. The number of aromatic carboxylic acids is 1. The van der Waals surface area contributed by atoms with Crippen LogP contribution in [0.1, 0.15) is 60.4 Å². The van der Waals surface area contributed by atoms with Gasteiger partial charge >= 0.3 is 5.97 Å². The summed E-state index contributed by atoms with van der Waals surface area (Å²) in [6.07, 6.45) is 2.81. The van der Waals surface area contributed by atoms with Crippen molar-refractivity contribution >= 4 is 22.8 Å². The third kappa shape index (κ3) is 3.09. The Labute approximate surface area is 178 Å². The fourth-order valence-electron chi connectivity index (χ4n) is 5.08. The molecule has 5 nitrogen and oxygen atoms in total. The Kier molecular flexibility index (Phi) is 4.04. The molecular formula is C24H24F2N2O3. The lowest BCUT2D eigenvalue weighted by atomic mass is 9.78. The molecule has 0 bridgehead atoms. The summed E-state index contributed by atoms with van der Waals surface area (Å²) < 4.78 is 28.6. The molecule has 1 N–H and O–H groups in total. The topological polar surface area (TPSA) is 62.5 Å². The molecular weight excluding hydrogens is 402 g/mol. The molecule has 1 atom stereocenters.